The molecule has 1 aliphatic rings. The molecule has 0 radical (unpaired) electrons. The van der Waals surface area contributed by atoms with Crippen LogP contribution >= 0.6 is 34.4 Å². The third-order valence-corrected chi connectivity index (χ3v) is 6.24. The van der Waals surface area contributed by atoms with E-state index in [1.165, 1.54) is 11.8 Å². The molecule has 1 aliphatic heterocycles. The van der Waals surface area contributed by atoms with Gasteiger partial charge in [-0.05, 0) is 22.9 Å². The van der Waals surface area contributed by atoms with Crippen molar-refractivity contribution in [2.75, 3.05) is 6.61 Å². The van der Waals surface area contributed by atoms with E-state index in [0.29, 0.717) is 6.61 Å². The van der Waals surface area contributed by atoms with E-state index in [4.69, 9.17) is 9.72 Å². The van der Waals surface area contributed by atoms with Crippen molar-refractivity contribution in [3.63, 3.8) is 0 Å². The molecule has 112 valence electrons. The Morgan fingerprint density at radius 3 is 2.64 bits per heavy atom. The van der Waals surface area contributed by atoms with Gasteiger partial charge >= 0.3 is 5.97 Å². The zero-order valence-electron chi connectivity index (χ0n) is 11.4. The molecule has 0 amide bonds. The molecule has 22 heavy (non-hydrogen) atoms. The number of thioether (sulfide) groups is 1. The lowest BCUT2D eigenvalue weighted by Gasteiger charge is -2.00. The molecule has 3 aromatic rings. The average Bonchev–Trinajstić information content (AvgIpc) is 3.26. The standard InChI is InChI=1S/C15H12N2O2S3/c18-14-11(5-6-19-14)22-15-16-12(9-3-1-7-20-9)13(17-15)10-4-2-8-21-10/h1-4,7-8,11H,5-6H2,(H,16,17)/t11-/m1/s1. The summed E-state index contributed by atoms with van der Waals surface area (Å²) in [4.78, 5) is 22.0. The van der Waals surface area contributed by atoms with Gasteiger partial charge in [0.15, 0.2) is 5.16 Å². The van der Waals surface area contributed by atoms with Gasteiger partial charge in [0.1, 0.15) is 10.9 Å². The van der Waals surface area contributed by atoms with Gasteiger partial charge < -0.3 is 9.72 Å². The van der Waals surface area contributed by atoms with Crippen LogP contribution in [-0.4, -0.2) is 27.8 Å². The maximum Gasteiger partial charge on any atom is 0.319 e. The van der Waals surface area contributed by atoms with E-state index in [0.717, 1.165) is 32.7 Å². The molecule has 0 bridgehead atoms. The van der Waals surface area contributed by atoms with Gasteiger partial charge in [-0.1, -0.05) is 23.9 Å². The van der Waals surface area contributed by atoms with Crippen LogP contribution in [0.5, 0.6) is 0 Å². The van der Waals surface area contributed by atoms with Gasteiger partial charge in [0, 0.05) is 6.42 Å². The molecule has 4 heterocycles. The Kier molecular flexibility index (Phi) is 3.77. The fourth-order valence-electron chi connectivity index (χ4n) is 2.32. The number of nitrogens with zero attached hydrogens (tertiary/aromatic N) is 1. The van der Waals surface area contributed by atoms with Crippen molar-refractivity contribution in [2.45, 2.75) is 16.8 Å². The zero-order valence-corrected chi connectivity index (χ0v) is 13.9. The largest absolute Gasteiger partial charge is 0.465 e. The molecule has 1 N–H and O–H groups in total. The third-order valence-electron chi connectivity index (χ3n) is 3.35. The third kappa shape index (κ3) is 2.60. The minimum atomic E-state index is -0.154. The van der Waals surface area contributed by atoms with Gasteiger partial charge in [-0.3, -0.25) is 4.79 Å². The monoisotopic (exact) mass is 348 g/mol. The molecular weight excluding hydrogens is 336 g/mol. The summed E-state index contributed by atoms with van der Waals surface area (Å²) in [5.74, 6) is -0.142. The smallest absolute Gasteiger partial charge is 0.319 e. The van der Waals surface area contributed by atoms with Gasteiger partial charge in [0.05, 0.1) is 22.1 Å². The second kappa shape index (κ2) is 5.91. The van der Waals surface area contributed by atoms with Crippen molar-refractivity contribution >= 4 is 40.4 Å². The lowest BCUT2D eigenvalue weighted by molar-refractivity contribution is -0.137. The SMILES string of the molecule is O=C1OCC[C@H]1Sc1nc(-c2cccs2)c(-c2cccs2)[nH]1. The Balaban J connectivity index is 1.72. The van der Waals surface area contributed by atoms with E-state index >= 15 is 0 Å². The molecule has 4 rings (SSSR count). The first-order valence-electron chi connectivity index (χ1n) is 6.82. The van der Waals surface area contributed by atoms with E-state index in [-0.39, 0.29) is 11.2 Å². The molecule has 4 nitrogen and oxygen atoms in total. The number of carbonyl (C=O) groups is 1. The van der Waals surface area contributed by atoms with Crippen LogP contribution in [0.2, 0.25) is 0 Å². The van der Waals surface area contributed by atoms with Crippen LogP contribution in [-0.2, 0) is 9.53 Å². The molecule has 0 aromatic carbocycles. The van der Waals surface area contributed by atoms with E-state index < -0.39 is 0 Å². The Labute approximate surface area is 139 Å². The zero-order chi connectivity index (χ0) is 14.9. The molecule has 3 aromatic heterocycles. The number of aromatic amines is 1. The summed E-state index contributed by atoms with van der Waals surface area (Å²) in [7, 11) is 0. The number of H-pyrrole nitrogens is 1. The molecule has 1 atom stereocenters. The van der Waals surface area contributed by atoms with E-state index in [9.17, 15) is 4.79 Å². The maximum absolute atomic E-state index is 11.6. The normalized spacial score (nSPS) is 17.8. The molecular formula is C15H12N2O2S3. The summed E-state index contributed by atoms with van der Waals surface area (Å²) in [5.41, 5.74) is 1.97. The van der Waals surface area contributed by atoms with Crippen molar-refractivity contribution in [3.05, 3.63) is 35.0 Å². The second-order valence-electron chi connectivity index (χ2n) is 4.78. The van der Waals surface area contributed by atoms with Gasteiger partial charge in [-0.25, -0.2) is 4.98 Å². The van der Waals surface area contributed by atoms with Crippen molar-refractivity contribution in [1.29, 1.82) is 0 Å². The highest BCUT2D eigenvalue weighted by atomic mass is 32.2. The maximum atomic E-state index is 11.6. The fraction of sp³-hybridized carbons (Fsp3) is 0.200. The number of hydrogen-bond acceptors (Lipinski definition) is 6. The Morgan fingerprint density at radius 2 is 2.00 bits per heavy atom. The summed E-state index contributed by atoms with van der Waals surface area (Å²) < 4.78 is 5.02. The topological polar surface area (TPSA) is 55.0 Å². The van der Waals surface area contributed by atoms with Crippen LogP contribution in [0.3, 0.4) is 0 Å². The number of imidazole rings is 1. The summed E-state index contributed by atoms with van der Waals surface area (Å²) in [6.07, 6.45) is 0.743. The number of thiophene rings is 2. The predicted octanol–water partition coefficient (Wildman–Crippen LogP) is 4.27. The highest BCUT2D eigenvalue weighted by Gasteiger charge is 2.29. The van der Waals surface area contributed by atoms with E-state index in [2.05, 4.69) is 22.5 Å². The lowest BCUT2D eigenvalue weighted by atomic mass is 10.2. The Hall–Kier alpha value is -1.57. The number of hydrogen-bond donors (Lipinski definition) is 1. The van der Waals surface area contributed by atoms with Crippen LogP contribution in [0, 0.1) is 0 Å². The van der Waals surface area contributed by atoms with Crippen molar-refractivity contribution in [2.24, 2.45) is 0 Å². The first kappa shape index (κ1) is 14.0. The minimum Gasteiger partial charge on any atom is -0.465 e. The fourth-order valence-corrected chi connectivity index (χ4v) is 4.72. The summed E-state index contributed by atoms with van der Waals surface area (Å²) >= 11 is 4.80. The predicted molar refractivity (Wildman–Crippen MR) is 90.4 cm³/mol. The molecule has 0 spiro atoms. The first-order valence-corrected chi connectivity index (χ1v) is 9.46. The number of carbonyl (C=O) groups excluding carboxylic acids is 1. The first-order chi connectivity index (χ1) is 10.8. The Bertz CT molecular complexity index is 726. The van der Waals surface area contributed by atoms with E-state index in [1.54, 1.807) is 22.7 Å². The van der Waals surface area contributed by atoms with Crippen LogP contribution in [0.4, 0.5) is 0 Å². The quantitative estimate of drug-likeness (QED) is 0.715. The molecule has 7 heteroatoms. The number of rotatable bonds is 4. The van der Waals surface area contributed by atoms with Gasteiger partial charge in [-0.15, -0.1) is 22.7 Å². The number of cyclic esters (lactones) is 1. The number of nitrogens with one attached hydrogen (secondary N) is 1. The number of esters is 1. The van der Waals surface area contributed by atoms with Crippen LogP contribution in [0.1, 0.15) is 6.42 Å². The minimum absolute atomic E-state index is 0.142. The van der Waals surface area contributed by atoms with E-state index in [1.807, 2.05) is 17.5 Å². The highest BCUT2D eigenvalue weighted by Crippen LogP contribution is 2.38. The summed E-state index contributed by atoms with van der Waals surface area (Å²) in [6.45, 7) is 0.507. The van der Waals surface area contributed by atoms with Crippen molar-refractivity contribution < 1.29 is 9.53 Å². The van der Waals surface area contributed by atoms with Crippen LogP contribution in [0.25, 0.3) is 21.1 Å². The lowest BCUT2D eigenvalue weighted by Crippen LogP contribution is -2.09. The van der Waals surface area contributed by atoms with Crippen LogP contribution < -0.4 is 0 Å². The summed E-state index contributed by atoms with van der Waals surface area (Å²) in [6, 6.07) is 8.19. The summed E-state index contributed by atoms with van der Waals surface area (Å²) in [5, 5.41) is 4.72. The molecule has 1 saturated heterocycles. The van der Waals surface area contributed by atoms with Crippen molar-refractivity contribution in [3.8, 4) is 21.1 Å². The highest BCUT2D eigenvalue weighted by molar-refractivity contribution is 8.00. The van der Waals surface area contributed by atoms with Gasteiger partial charge in [-0.2, -0.15) is 0 Å². The number of ether oxygens (including phenoxy) is 1. The molecule has 0 saturated carbocycles. The van der Waals surface area contributed by atoms with Gasteiger partial charge in [0.2, 0.25) is 0 Å². The average molecular weight is 348 g/mol. The molecule has 1 fully saturated rings. The Morgan fingerprint density at radius 1 is 1.23 bits per heavy atom. The molecule has 0 aliphatic carbocycles. The number of aromatic nitrogens is 2. The van der Waals surface area contributed by atoms with Crippen molar-refractivity contribution in [1.82, 2.24) is 9.97 Å². The van der Waals surface area contributed by atoms with Crippen LogP contribution in [0.15, 0.2) is 40.2 Å². The van der Waals surface area contributed by atoms with Gasteiger partial charge in [0.25, 0.3) is 0 Å². The molecule has 0 unspecified atom stereocenters. The second-order valence-corrected chi connectivity index (χ2v) is 7.87.